The van der Waals surface area contributed by atoms with Crippen LogP contribution in [-0.2, 0) is 9.53 Å². The SMILES string of the molecule is CCC1OCCC1C(=O)NC1CCCCCC1O. The molecule has 0 aromatic heterocycles. The summed E-state index contributed by atoms with van der Waals surface area (Å²) in [6, 6.07) is -0.0573. The normalized spacial score (nSPS) is 37.2. The first-order valence-electron chi connectivity index (χ1n) is 7.32. The number of carbonyl (C=O) groups is 1. The predicted octanol–water partition coefficient (Wildman–Crippen LogP) is 1.61. The molecule has 4 nitrogen and oxygen atoms in total. The van der Waals surface area contributed by atoms with E-state index in [2.05, 4.69) is 12.2 Å². The molecule has 0 bridgehead atoms. The summed E-state index contributed by atoms with van der Waals surface area (Å²) in [6.07, 6.45) is 6.41. The molecule has 1 aliphatic heterocycles. The maximum Gasteiger partial charge on any atom is 0.226 e. The van der Waals surface area contributed by atoms with Crippen molar-refractivity contribution in [2.45, 2.75) is 70.1 Å². The van der Waals surface area contributed by atoms with E-state index in [-0.39, 0.29) is 30.1 Å². The molecule has 2 N–H and O–H groups in total. The summed E-state index contributed by atoms with van der Waals surface area (Å²) in [5.74, 6) is 0.0516. The predicted molar refractivity (Wildman–Crippen MR) is 69.2 cm³/mol. The summed E-state index contributed by atoms with van der Waals surface area (Å²) < 4.78 is 5.55. The number of amides is 1. The first kappa shape index (κ1) is 13.8. The summed E-state index contributed by atoms with van der Waals surface area (Å²) >= 11 is 0. The van der Waals surface area contributed by atoms with Gasteiger partial charge in [-0.15, -0.1) is 0 Å². The van der Waals surface area contributed by atoms with Crippen LogP contribution in [0, 0.1) is 5.92 Å². The van der Waals surface area contributed by atoms with Gasteiger partial charge >= 0.3 is 0 Å². The highest BCUT2D eigenvalue weighted by Crippen LogP contribution is 2.25. The van der Waals surface area contributed by atoms with E-state index in [4.69, 9.17) is 4.74 Å². The molecule has 1 saturated carbocycles. The summed E-state index contributed by atoms with van der Waals surface area (Å²) in [5, 5.41) is 13.1. The number of nitrogens with one attached hydrogen (secondary N) is 1. The Labute approximate surface area is 109 Å². The molecule has 4 atom stereocenters. The Morgan fingerprint density at radius 3 is 2.83 bits per heavy atom. The molecule has 4 unspecified atom stereocenters. The molecule has 18 heavy (non-hydrogen) atoms. The van der Waals surface area contributed by atoms with Crippen LogP contribution < -0.4 is 5.32 Å². The third-order valence-corrected chi connectivity index (χ3v) is 4.26. The average Bonchev–Trinajstić information content (AvgIpc) is 2.76. The van der Waals surface area contributed by atoms with Gasteiger partial charge in [0.1, 0.15) is 0 Å². The van der Waals surface area contributed by atoms with E-state index >= 15 is 0 Å². The Bertz CT molecular complexity index is 282. The second-order valence-electron chi connectivity index (χ2n) is 5.53. The van der Waals surface area contributed by atoms with Crippen LogP contribution in [0.25, 0.3) is 0 Å². The lowest BCUT2D eigenvalue weighted by atomic mass is 9.97. The maximum absolute atomic E-state index is 12.2. The van der Waals surface area contributed by atoms with Crippen LogP contribution >= 0.6 is 0 Å². The number of aliphatic hydroxyl groups excluding tert-OH is 1. The molecule has 0 aromatic rings. The minimum absolute atomic E-state index is 0.0227. The highest BCUT2D eigenvalue weighted by atomic mass is 16.5. The number of carbonyl (C=O) groups excluding carboxylic acids is 1. The zero-order valence-electron chi connectivity index (χ0n) is 11.2. The van der Waals surface area contributed by atoms with Crippen LogP contribution in [0.4, 0.5) is 0 Å². The van der Waals surface area contributed by atoms with Crippen molar-refractivity contribution in [2.75, 3.05) is 6.61 Å². The quantitative estimate of drug-likeness (QED) is 0.753. The Balaban J connectivity index is 1.89. The lowest BCUT2D eigenvalue weighted by Gasteiger charge is -2.25. The number of aliphatic hydroxyl groups is 1. The van der Waals surface area contributed by atoms with Gasteiger partial charge in [0, 0.05) is 6.61 Å². The van der Waals surface area contributed by atoms with Crippen LogP contribution in [0.3, 0.4) is 0 Å². The van der Waals surface area contributed by atoms with Crippen molar-refractivity contribution in [3.8, 4) is 0 Å². The molecule has 1 saturated heterocycles. The Kier molecular flexibility index (Phi) is 5.01. The number of hydrogen-bond acceptors (Lipinski definition) is 3. The molecule has 0 aromatic carbocycles. The minimum atomic E-state index is -0.376. The summed E-state index contributed by atoms with van der Waals surface area (Å²) in [7, 11) is 0. The van der Waals surface area contributed by atoms with Gasteiger partial charge in [-0.1, -0.05) is 26.2 Å². The second kappa shape index (κ2) is 6.53. The van der Waals surface area contributed by atoms with Gasteiger partial charge in [0.2, 0.25) is 5.91 Å². The van der Waals surface area contributed by atoms with E-state index in [0.717, 1.165) is 44.9 Å². The monoisotopic (exact) mass is 255 g/mol. The lowest BCUT2D eigenvalue weighted by molar-refractivity contribution is -0.128. The van der Waals surface area contributed by atoms with Gasteiger partial charge < -0.3 is 15.2 Å². The van der Waals surface area contributed by atoms with Gasteiger partial charge in [-0.3, -0.25) is 4.79 Å². The summed E-state index contributed by atoms with van der Waals surface area (Å²) in [5.41, 5.74) is 0. The van der Waals surface area contributed by atoms with E-state index in [1.807, 2.05) is 0 Å². The standard InChI is InChI=1S/C14H25NO3/c1-2-13-10(8-9-18-13)14(17)15-11-6-4-3-5-7-12(11)16/h10-13,16H,2-9H2,1H3,(H,15,17). The largest absolute Gasteiger partial charge is 0.391 e. The van der Waals surface area contributed by atoms with Crippen molar-refractivity contribution in [2.24, 2.45) is 5.92 Å². The van der Waals surface area contributed by atoms with Crippen LogP contribution in [0.2, 0.25) is 0 Å². The first-order valence-corrected chi connectivity index (χ1v) is 7.32. The molecule has 0 spiro atoms. The van der Waals surface area contributed by atoms with Gasteiger partial charge in [-0.05, 0) is 25.7 Å². The molecule has 2 rings (SSSR count). The highest BCUT2D eigenvalue weighted by Gasteiger charge is 2.34. The molecule has 2 fully saturated rings. The van der Waals surface area contributed by atoms with Crippen LogP contribution in [0.5, 0.6) is 0 Å². The number of hydrogen-bond donors (Lipinski definition) is 2. The molecule has 1 aliphatic carbocycles. The zero-order chi connectivity index (χ0) is 13.0. The Morgan fingerprint density at radius 1 is 1.28 bits per heavy atom. The average molecular weight is 255 g/mol. The molecule has 1 amide bonds. The lowest BCUT2D eigenvalue weighted by Crippen LogP contribution is -2.46. The molecule has 2 aliphatic rings. The molecule has 4 heteroatoms. The smallest absolute Gasteiger partial charge is 0.226 e. The second-order valence-corrected chi connectivity index (χ2v) is 5.53. The molecule has 1 heterocycles. The van der Waals surface area contributed by atoms with E-state index in [1.165, 1.54) is 0 Å². The summed E-state index contributed by atoms with van der Waals surface area (Å²) in [4.78, 5) is 12.2. The third kappa shape index (κ3) is 3.23. The summed E-state index contributed by atoms with van der Waals surface area (Å²) in [6.45, 7) is 2.74. The van der Waals surface area contributed by atoms with Gasteiger partial charge in [0.25, 0.3) is 0 Å². The van der Waals surface area contributed by atoms with Crippen molar-refractivity contribution in [1.82, 2.24) is 5.32 Å². The van der Waals surface area contributed by atoms with Crippen molar-refractivity contribution in [3.63, 3.8) is 0 Å². The van der Waals surface area contributed by atoms with Crippen molar-refractivity contribution in [3.05, 3.63) is 0 Å². The fraction of sp³-hybridized carbons (Fsp3) is 0.929. The van der Waals surface area contributed by atoms with E-state index in [0.29, 0.717) is 6.61 Å². The third-order valence-electron chi connectivity index (χ3n) is 4.26. The highest BCUT2D eigenvalue weighted by molar-refractivity contribution is 5.79. The maximum atomic E-state index is 12.2. The van der Waals surface area contributed by atoms with Gasteiger partial charge in [-0.2, -0.15) is 0 Å². The molecule has 104 valence electrons. The Morgan fingerprint density at radius 2 is 2.06 bits per heavy atom. The van der Waals surface area contributed by atoms with Crippen LogP contribution in [0.15, 0.2) is 0 Å². The fourth-order valence-corrected chi connectivity index (χ4v) is 3.10. The van der Waals surface area contributed by atoms with Crippen LogP contribution in [-0.4, -0.2) is 35.9 Å². The van der Waals surface area contributed by atoms with Crippen molar-refractivity contribution < 1.29 is 14.6 Å². The zero-order valence-corrected chi connectivity index (χ0v) is 11.2. The number of rotatable bonds is 3. The minimum Gasteiger partial charge on any atom is -0.391 e. The van der Waals surface area contributed by atoms with Crippen molar-refractivity contribution >= 4 is 5.91 Å². The van der Waals surface area contributed by atoms with Gasteiger partial charge in [-0.25, -0.2) is 0 Å². The van der Waals surface area contributed by atoms with Gasteiger partial charge in [0.15, 0.2) is 0 Å². The van der Waals surface area contributed by atoms with E-state index in [1.54, 1.807) is 0 Å². The van der Waals surface area contributed by atoms with E-state index < -0.39 is 0 Å². The molecular weight excluding hydrogens is 230 g/mol. The molecular formula is C14H25NO3. The van der Waals surface area contributed by atoms with E-state index in [9.17, 15) is 9.90 Å². The van der Waals surface area contributed by atoms with Crippen molar-refractivity contribution in [1.29, 1.82) is 0 Å². The topological polar surface area (TPSA) is 58.6 Å². The Hall–Kier alpha value is -0.610. The van der Waals surface area contributed by atoms with Crippen LogP contribution in [0.1, 0.15) is 51.9 Å². The van der Waals surface area contributed by atoms with Gasteiger partial charge in [0.05, 0.1) is 24.2 Å². The molecule has 0 radical (unpaired) electrons. The number of ether oxygens (including phenoxy) is 1. The first-order chi connectivity index (χ1) is 8.72. The fourth-order valence-electron chi connectivity index (χ4n) is 3.10.